The van der Waals surface area contributed by atoms with Crippen LogP contribution in [0.5, 0.6) is 5.75 Å². The molecule has 0 spiro atoms. The Morgan fingerprint density at radius 3 is 2.36 bits per heavy atom. The van der Waals surface area contributed by atoms with Crippen LogP contribution < -0.4 is 10.1 Å². The summed E-state index contributed by atoms with van der Waals surface area (Å²) < 4.78 is 20.6. The zero-order chi connectivity index (χ0) is 20.1. The first-order valence-corrected chi connectivity index (χ1v) is 8.60. The van der Waals surface area contributed by atoms with Gasteiger partial charge >= 0.3 is 5.97 Å². The number of imide groups is 1. The molecule has 0 saturated heterocycles. The molecule has 0 bridgehead atoms. The maximum atomic E-state index is 15.7. The lowest BCUT2D eigenvalue weighted by Crippen LogP contribution is -2.37. The molecule has 0 fully saturated rings. The van der Waals surface area contributed by atoms with E-state index in [4.69, 9.17) is 4.74 Å². The number of rotatable bonds is 4. The van der Waals surface area contributed by atoms with Crippen molar-refractivity contribution in [2.45, 2.75) is 19.0 Å². The summed E-state index contributed by atoms with van der Waals surface area (Å²) in [6.45, 7) is 0.940. The molecule has 1 atom stereocenters. The van der Waals surface area contributed by atoms with Gasteiger partial charge in [-0.2, -0.15) is 0 Å². The maximum Gasteiger partial charge on any atom is 0.308 e. The third-order valence-electron chi connectivity index (χ3n) is 4.85. The zero-order valence-electron chi connectivity index (χ0n) is 14.8. The summed E-state index contributed by atoms with van der Waals surface area (Å²) >= 11 is 0. The molecule has 0 aromatic heterocycles. The molecule has 0 aliphatic carbocycles. The Morgan fingerprint density at radius 1 is 1.11 bits per heavy atom. The van der Waals surface area contributed by atoms with E-state index in [-0.39, 0.29) is 34.7 Å². The van der Waals surface area contributed by atoms with Crippen molar-refractivity contribution in [3.63, 3.8) is 0 Å². The van der Waals surface area contributed by atoms with Crippen LogP contribution in [0.2, 0.25) is 0 Å². The van der Waals surface area contributed by atoms with E-state index in [0.717, 1.165) is 4.90 Å². The summed E-state index contributed by atoms with van der Waals surface area (Å²) in [5.74, 6) is -2.40. The maximum absolute atomic E-state index is 15.7. The molecule has 2 aromatic rings. The smallest absolute Gasteiger partial charge is 0.308 e. The molecule has 8 heteroatoms. The molecule has 2 aliphatic rings. The van der Waals surface area contributed by atoms with Crippen LogP contribution in [-0.4, -0.2) is 35.1 Å². The van der Waals surface area contributed by atoms with Crippen LogP contribution in [0.4, 0.5) is 10.1 Å². The Labute approximate surface area is 159 Å². The first-order chi connectivity index (χ1) is 13.3. The molecular formula is C20H15FN2O5. The van der Waals surface area contributed by atoms with Gasteiger partial charge in [0.25, 0.3) is 17.7 Å². The summed E-state index contributed by atoms with van der Waals surface area (Å²) in [6, 6.07) is 10.5. The molecule has 1 unspecified atom stereocenters. The minimum Gasteiger partial charge on any atom is -0.427 e. The van der Waals surface area contributed by atoms with E-state index in [1.165, 1.54) is 37.3 Å². The molecule has 1 N–H and O–H groups in total. The van der Waals surface area contributed by atoms with Gasteiger partial charge in [0.15, 0.2) is 0 Å². The lowest BCUT2D eigenvalue weighted by Gasteiger charge is -2.21. The van der Waals surface area contributed by atoms with Gasteiger partial charge in [-0.1, -0.05) is 12.1 Å². The Bertz CT molecular complexity index is 1020. The first kappa shape index (κ1) is 17.8. The topological polar surface area (TPSA) is 92.8 Å². The van der Waals surface area contributed by atoms with E-state index >= 15 is 4.39 Å². The summed E-state index contributed by atoms with van der Waals surface area (Å²) in [5.41, 5.74) is -1.68. The van der Waals surface area contributed by atoms with Crippen molar-refractivity contribution in [2.75, 3.05) is 11.9 Å². The van der Waals surface area contributed by atoms with Gasteiger partial charge in [0.2, 0.25) is 5.67 Å². The highest BCUT2D eigenvalue weighted by molar-refractivity contribution is 6.21. The third-order valence-corrected chi connectivity index (χ3v) is 4.85. The van der Waals surface area contributed by atoms with Gasteiger partial charge in [-0.15, -0.1) is 0 Å². The predicted octanol–water partition coefficient (Wildman–Crippen LogP) is 2.42. The first-order valence-electron chi connectivity index (χ1n) is 8.60. The van der Waals surface area contributed by atoms with Gasteiger partial charge in [0.05, 0.1) is 11.1 Å². The minimum atomic E-state index is -2.46. The van der Waals surface area contributed by atoms with Crippen LogP contribution in [0, 0.1) is 0 Å². The van der Waals surface area contributed by atoms with E-state index in [9.17, 15) is 19.2 Å². The standard InChI is InChI=1S/C20H15FN2O5/c1-11(24)28-12-6-7-16-15(10-12)20(21,19(27)22-16)8-9-23-17(25)13-4-2-3-5-14(13)18(23)26/h2-7,10H,8-9H2,1H3,(H,22,27). The average Bonchev–Trinajstić information content (AvgIpc) is 3.05. The SMILES string of the molecule is CC(=O)Oc1ccc2c(c1)C(F)(CCN1C(=O)c3ccccc3C1=O)C(=O)N2. The Balaban J connectivity index is 1.59. The number of nitrogens with one attached hydrogen (secondary N) is 1. The van der Waals surface area contributed by atoms with Crippen LogP contribution in [0.3, 0.4) is 0 Å². The molecule has 0 radical (unpaired) electrons. The highest BCUT2D eigenvalue weighted by Gasteiger charge is 2.49. The van der Waals surface area contributed by atoms with Gasteiger partial charge in [-0.25, -0.2) is 4.39 Å². The van der Waals surface area contributed by atoms with Gasteiger partial charge in [0.1, 0.15) is 5.75 Å². The Morgan fingerprint density at radius 2 is 1.75 bits per heavy atom. The van der Waals surface area contributed by atoms with E-state index < -0.39 is 35.8 Å². The molecule has 28 heavy (non-hydrogen) atoms. The highest BCUT2D eigenvalue weighted by Crippen LogP contribution is 2.43. The molecule has 0 saturated carbocycles. The van der Waals surface area contributed by atoms with Crippen molar-refractivity contribution in [3.05, 3.63) is 59.2 Å². The summed E-state index contributed by atoms with van der Waals surface area (Å²) in [5, 5.41) is 2.44. The fourth-order valence-electron chi connectivity index (χ4n) is 3.49. The van der Waals surface area contributed by atoms with Gasteiger partial charge in [-0.05, 0) is 30.3 Å². The van der Waals surface area contributed by atoms with Crippen LogP contribution in [0.1, 0.15) is 39.6 Å². The number of halogens is 1. The summed E-state index contributed by atoms with van der Waals surface area (Å²) in [7, 11) is 0. The number of carbonyl (C=O) groups excluding carboxylic acids is 4. The van der Waals surface area contributed by atoms with Crippen LogP contribution in [-0.2, 0) is 15.3 Å². The molecule has 2 heterocycles. The second-order valence-corrected chi connectivity index (χ2v) is 6.61. The number of carbonyl (C=O) groups is 4. The number of alkyl halides is 1. The van der Waals surface area contributed by atoms with Crippen LogP contribution in [0.25, 0.3) is 0 Å². The zero-order valence-corrected chi connectivity index (χ0v) is 14.8. The number of esters is 1. The van der Waals surface area contributed by atoms with Crippen molar-refractivity contribution in [1.82, 2.24) is 4.90 Å². The minimum absolute atomic E-state index is 0.00728. The highest BCUT2D eigenvalue weighted by atomic mass is 19.1. The molecule has 4 rings (SSSR count). The third kappa shape index (κ3) is 2.65. The number of hydrogen-bond acceptors (Lipinski definition) is 5. The Hall–Kier alpha value is -3.55. The molecule has 142 valence electrons. The van der Waals surface area contributed by atoms with Crippen LogP contribution in [0.15, 0.2) is 42.5 Å². The van der Waals surface area contributed by atoms with Crippen molar-refractivity contribution in [1.29, 1.82) is 0 Å². The monoisotopic (exact) mass is 382 g/mol. The van der Waals surface area contributed by atoms with Crippen molar-refractivity contribution in [2.24, 2.45) is 0 Å². The molecule has 3 amide bonds. The number of nitrogens with zero attached hydrogens (tertiary/aromatic N) is 1. The fourth-order valence-corrected chi connectivity index (χ4v) is 3.49. The lowest BCUT2D eigenvalue weighted by molar-refractivity contribution is -0.131. The average molecular weight is 382 g/mol. The molecule has 7 nitrogen and oxygen atoms in total. The second kappa shape index (κ2) is 6.26. The lowest BCUT2D eigenvalue weighted by atomic mass is 9.93. The summed E-state index contributed by atoms with van der Waals surface area (Å²) in [4.78, 5) is 49.3. The van der Waals surface area contributed by atoms with E-state index in [1.54, 1.807) is 12.1 Å². The van der Waals surface area contributed by atoms with Crippen LogP contribution >= 0.6 is 0 Å². The van der Waals surface area contributed by atoms with Gasteiger partial charge in [0, 0.05) is 31.1 Å². The number of anilines is 1. The number of hydrogen-bond donors (Lipinski definition) is 1. The molecular weight excluding hydrogens is 367 g/mol. The van der Waals surface area contributed by atoms with Gasteiger partial charge in [-0.3, -0.25) is 24.1 Å². The van der Waals surface area contributed by atoms with E-state index in [1.807, 2.05) is 0 Å². The molecule has 2 aromatic carbocycles. The van der Waals surface area contributed by atoms with Crippen molar-refractivity contribution in [3.8, 4) is 5.75 Å². The largest absolute Gasteiger partial charge is 0.427 e. The normalized spacial score (nSPS) is 20.1. The van der Waals surface area contributed by atoms with E-state index in [2.05, 4.69) is 5.32 Å². The molecule has 2 aliphatic heterocycles. The van der Waals surface area contributed by atoms with Crippen molar-refractivity contribution < 1.29 is 28.3 Å². The number of benzene rings is 2. The Kier molecular flexibility index (Phi) is 3.99. The number of ether oxygens (including phenoxy) is 1. The second-order valence-electron chi connectivity index (χ2n) is 6.61. The predicted molar refractivity (Wildman–Crippen MR) is 95.6 cm³/mol. The fraction of sp³-hybridized carbons (Fsp3) is 0.200. The number of fused-ring (bicyclic) bond motifs is 2. The van der Waals surface area contributed by atoms with Gasteiger partial charge < -0.3 is 10.1 Å². The van der Waals surface area contributed by atoms with Crippen molar-refractivity contribution >= 4 is 29.4 Å². The summed E-state index contributed by atoms with van der Waals surface area (Å²) in [6.07, 6.45) is -0.416. The quantitative estimate of drug-likeness (QED) is 0.498. The van der Waals surface area contributed by atoms with E-state index in [0.29, 0.717) is 0 Å². The number of amides is 3.